The van der Waals surface area contributed by atoms with Crippen molar-refractivity contribution in [2.45, 2.75) is 200 Å². The largest absolute Gasteiger partial charge is 0.477 e. The van der Waals surface area contributed by atoms with Crippen molar-refractivity contribution in [3.8, 4) is 0 Å². The number of carbonyl (C=O) groups excluding carboxylic acids is 2. The van der Waals surface area contributed by atoms with Gasteiger partial charge >= 0.3 is 17.9 Å². The van der Waals surface area contributed by atoms with Crippen LogP contribution in [-0.2, 0) is 33.3 Å². The van der Waals surface area contributed by atoms with E-state index in [2.05, 4.69) is 38.2 Å². The first-order chi connectivity index (χ1) is 26.1. The molecule has 54 heavy (non-hydrogen) atoms. The first-order valence-electron chi connectivity index (χ1n) is 22.0. The van der Waals surface area contributed by atoms with Crippen LogP contribution in [0.4, 0.5) is 0 Å². The third-order valence-electron chi connectivity index (χ3n) is 9.46. The molecule has 0 spiro atoms. The summed E-state index contributed by atoms with van der Waals surface area (Å²) in [6.45, 7) is 4.82. The van der Waals surface area contributed by atoms with E-state index in [1.54, 1.807) is 0 Å². The second-order valence-electron chi connectivity index (χ2n) is 16.0. The fourth-order valence-corrected chi connectivity index (χ4v) is 5.97. The molecular weight excluding hydrogens is 682 g/mol. The number of carboxylic acid groups (broad SMARTS) is 1. The predicted molar refractivity (Wildman–Crippen MR) is 221 cm³/mol. The highest BCUT2D eigenvalue weighted by Crippen LogP contribution is 2.15. The highest BCUT2D eigenvalue weighted by atomic mass is 16.7. The molecule has 2 atom stereocenters. The Balaban J connectivity index is 4.46. The first-order valence-corrected chi connectivity index (χ1v) is 22.0. The van der Waals surface area contributed by atoms with Crippen LogP contribution in [0.5, 0.6) is 0 Å². The molecule has 0 fully saturated rings. The lowest BCUT2D eigenvalue weighted by Gasteiger charge is -2.25. The van der Waals surface area contributed by atoms with Gasteiger partial charge in [0.15, 0.2) is 6.10 Å². The predicted octanol–water partition coefficient (Wildman–Crippen LogP) is 11.3. The number of hydrogen-bond donors (Lipinski definition) is 1. The van der Waals surface area contributed by atoms with Crippen molar-refractivity contribution < 1.29 is 42.9 Å². The number of carbonyl (C=O) groups is 3. The molecule has 0 bridgehead atoms. The molecule has 0 saturated heterocycles. The zero-order valence-electron chi connectivity index (χ0n) is 35.6. The molecule has 0 aromatic heterocycles. The van der Waals surface area contributed by atoms with Crippen molar-refractivity contribution in [3.05, 3.63) is 24.3 Å². The fraction of sp³-hybridized carbons (Fsp3) is 0.844. The van der Waals surface area contributed by atoms with E-state index in [9.17, 15) is 19.5 Å². The quantitative estimate of drug-likeness (QED) is 0.0216. The van der Waals surface area contributed by atoms with E-state index < -0.39 is 24.3 Å². The Morgan fingerprint density at radius 1 is 0.556 bits per heavy atom. The summed E-state index contributed by atoms with van der Waals surface area (Å²) in [5, 5.41) is 9.62. The van der Waals surface area contributed by atoms with Gasteiger partial charge in [0, 0.05) is 12.8 Å². The number of ether oxygens (including phenoxy) is 4. The Hall–Kier alpha value is -2.23. The van der Waals surface area contributed by atoms with Gasteiger partial charge in [-0.15, -0.1) is 0 Å². The molecule has 0 aliphatic heterocycles. The minimum Gasteiger partial charge on any atom is -0.477 e. The summed E-state index contributed by atoms with van der Waals surface area (Å²) in [6, 6.07) is 0. The summed E-state index contributed by atoms with van der Waals surface area (Å²) in [5.74, 6) is -2.02. The molecule has 0 aliphatic carbocycles. The van der Waals surface area contributed by atoms with Crippen LogP contribution < -0.4 is 0 Å². The Bertz CT molecular complexity index is 944. The lowest BCUT2D eigenvalue weighted by molar-refractivity contribution is -0.870. The molecule has 0 radical (unpaired) electrons. The number of aliphatic carboxylic acids is 1. The summed E-state index contributed by atoms with van der Waals surface area (Å²) in [5.41, 5.74) is 0. The standard InChI is InChI=1S/C45H83NO8/c1-6-8-10-12-14-16-18-20-22-24-25-27-29-31-33-35-42(47)52-39-41(40-53-45(44(49)50)51-38-37-46(3,4)5)54-43(48)36-34-32-30-28-26-23-21-19-17-15-13-11-9-7-2/h13,15,19,21,41,45H,6-12,14,16-18,20,22-40H2,1-5H3/p+1/b15-13-,21-19-. The van der Waals surface area contributed by atoms with E-state index in [0.717, 1.165) is 64.2 Å². The van der Waals surface area contributed by atoms with Crippen LogP contribution in [0.15, 0.2) is 24.3 Å². The van der Waals surface area contributed by atoms with Gasteiger partial charge < -0.3 is 28.5 Å². The number of rotatable bonds is 40. The van der Waals surface area contributed by atoms with E-state index in [1.807, 2.05) is 21.1 Å². The third kappa shape index (κ3) is 38.1. The molecule has 0 aromatic carbocycles. The van der Waals surface area contributed by atoms with Crippen molar-refractivity contribution in [1.82, 2.24) is 0 Å². The summed E-state index contributed by atoms with van der Waals surface area (Å²) in [7, 11) is 5.95. The van der Waals surface area contributed by atoms with Gasteiger partial charge in [0.2, 0.25) is 0 Å². The van der Waals surface area contributed by atoms with Crippen LogP contribution in [0, 0.1) is 0 Å². The van der Waals surface area contributed by atoms with E-state index in [0.29, 0.717) is 23.9 Å². The highest BCUT2D eigenvalue weighted by Gasteiger charge is 2.25. The average molecular weight is 767 g/mol. The normalized spacial score (nSPS) is 13.1. The number of likely N-dealkylation sites (N-methyl/N-ethyl adjacent to an activating group) is 1. The SMILES string of the molecule is CCCC/C=C\C/C=C\CCCCCCCC(=O)OC(COC(=O)CCCCCCCCCCCCCCCCC)COC(OCC[N+](C)(C)C)C(=O)O. The van der Waals surface area contributed by atoms with Gasteiger partial charge in [-0.25, -0.2) is 4.79 Å². The van der Waals surface area contributed by atoms with Gasteiger partial charge in [0.05, 0.1) is 34.4 Å². The van der Waals surface area contributed by atoms with Gasteiger partial charge in [-0.3, -0.25) is 9.59 Å². The number of hydrogen-bond acceptors (Lipinski definition) is 7. The van der Waals surface area contributed by atoms with Gasteiger partial charge in [-0.1, -0.05) is 160 Å². The van der Waals surface area contributed by atoms with Crippen LogP contribution >= 0.6 is 0 Å². The lowest BCUT2D eigenvalue weighted by atomic mass is 10.0. The first kappa shape index (κ1) is 51.8. The second kappa shape index (κ2) is 37.7. The molecule has 0 aliphatic rings. The zero-order chi connectivity index (χ0) is 40.0. The van der Waals surface area contributed by atoms with Crippen molar-refractivity contribution in [1.29, 1.82) is 0 Å². The third-order valence-corrected chi connectivity index (χ3v) is 9.46. The van der Waals surface area contributed by atoms with Crippen molar-refractivity contribution in [2.24, 2.45) is 0 Å². The van der Waals surface area contributed by atoms with Crippen molar-refractivity contribution in [2.75, 3.05) is 47.5 Å². The number of unbranched alkanes of at least 4 members (excludes halogenated alkanes) is 21. The van der Waals surface area contributed by atoms with Crippen LogP contribution in [0.25, 0.3) is 0 Å². The van der Waals surface area contributed by atoms with Gasteiger partial charge in [-0.05, 0) is 38.5 Å². The van der Waals surface area contributed by atoms with E-state index in [1.165, 1.54) is 89.9 Å². The molecule has 9 nitrogen and oxygen atoms in total. The zero-order valence-corrected chi connectivity index (χ0v) is 35.6. The average Bonchev–Trinajstić information content (AvgIpc) is 3.12. The van der Waals surface area contributed by atoms with Crippen LogP contribution in [-0.4, -0.2) is 87.4 Å². The van der Waals surface area contributed by atoms with Gasteiger partial charge in [0.25, 0.3) is 6.29 Å². The second-order valence-corrected chi connectivity index (χ2v) is 16.0. The number of allylic oxidation sites excluding steroid dienone is 4. The Kier molecular flexibility index (Phi) is 36.1. The number of quaternary nitrogens is 1. The Labute approximate surface area is 331 Å². The molecule has 1 N–H and O–H groups in total. The van der Waals surface area contributed by atoms with E-state index >= 15 is 0 Å². The Morgan fingerprint density at radius 2 is 1.02 bits per heavy atom. The Morgan fingerprint density at radius 3 is 1.52 bits per heavy atom. The molecule has 316 valence electrons. The van der Waals surface area contributed by atoms with Crippen molar-refractivity contribution >= 4 is 17.9 Å². The molecule has 9 heteroatoms. The molecule has 0 rings (SSSR count). The molecule has 0 heterocycles. The minimum absolute atomic E-state index is 0.184. The maximum Gasteiger partial charge on any atom is 0.361 e. The van der Waals surface area contributed by atoms with E-state index in [4.69, 9.17) is 18.9 Å². The fourth-order valence-electron chi connectivity index (χ4n) is 5.97. The maximum absolute atomic E-state index is 12.7. The lowest BCUT2D eigenvalue weighted by Crippen LogP contribution is -2.40. The summed E-state index contributed by atoms with van der Waals surface area (Å²) in [6.07, 6.45) is 36.6. The van der Waals surface area contributed by atoms with Gasteiger partial charge in [0.1, 0.15) is 13.2 Å². The molecule has 0 amide bonds. The summed E-state index contributed by atoms with van der Waals surface area (Å²) in [4.78, 5) is 37.0. The number of nitrogens with zero attached hydrogens (tertiary/aromatic N) is 1. The highest BCUT2D eigenvalue weighted by molar-refractivity contribution is 5.71. The maximum atomic E-state index is 12.7. The van der Waals surface area contributed by atoms with Crippen LogP contribution in [0.3, 0.4) is 0 Å². The monoisotopic (exact) mass is 767 g/mol. The minimum atomic E-state index is -1.51. The number of carboxylic acids is 1. The van der Waals surface area contributed by atoms with Crippen LogP contribution in [0.2, 0.25) is 0 Å². The summed E-state index contributed by atoms with van der Waals surface area (Å²) >= 11 is 0. The molecule has 2 unspecified atom stereocenters. The van der Waals surface area contributed by atoms with Crippen LogP contribution in [0.1, 0.15) is 187 Å². The summed E-state index contributed by atoms with van der Waals surface area (Å²) < 4.78 is 22.7. The van der Waals surface area contributed by atoms with Crippen molar-refractivity contribution in [3.63, 3.8) is 0 Å². The van der Waals surface area contributed by atoms with Gasteiger partial charge in [-0.2, -0.15) is 0 Å². The smallest absolute Gasteiger partial charge is 0.361 e. The number of esters is 2. The molecule has 0 saturated carbocycles. The molecule has 0 aromatic rings. The van der Waals surface area contributed by atoms with E-state index in [-0.39, 0.29) is 32.2 Å². The molecular formula is C45H84NO8+. The topological polar surface area (TPSA) is 108 Å².